The number of unbranched alkanes of at least 4 members (excludes halogenated alkanes) is 1. The van der Waals surface area contributed by atoms with Crippen molar-refractivity contribution in [2.75, 3.05) is 26.4 Å². The van der Waals surface area contributed by atoms with Crippen molar-refractivity contribution in [2.24, 2.45) is 46.2 Å². The molecule has 190 valence electrons. The minimum absolute atomic E-state index is 0.387. The minimum atomic E-state index is 0.387. The van der Waals surface area contributed by atoms with Crippen LogP contribution < -0.4 is 5.73 Å². The monoisotopic (exact) mass is 459 g/mol. The van der Waals surface area contributed by atoms with Gasteiger partial charge >= 0.3 is 0 Å². The molecular formula is C30H53NO2. The van der Waals surface area contributed by atoms with E-state index in [0.717, 1.165) is 36.0 Å². The summed E-state index contributed by atoms with van der Waals surface area (Å²) in [5.41, 5.74) is 8.28. The predicted octanol–water partition coefficient (Wildman–Crippen LogP) is 7.14. The molecule has 3 fully saturated rings. The lowest BCUT2D eigenvalue weighted by molar-refractivity contribution is -0.0632. The lowest BCUT2D eigenvalue weighted by Gasteiger charge is -2.58. The van der Waals surface area contributed by atoms with E-state index in [4.69, 9.17) is 15.2 Å². The van der Waals surface area contributed by atoms with Gasteiger partial charge in [0.25, 0.3) is 0 Å². The van der Waals surface area contributed by atoms with Crippen LogP contribution in [0.15, 0.2) is 11.6 Å². The molecule has 0 aromatic heterocycles. The van der Waals surface area contributed by atoms with E-state index >= 15 is 0 Å². The molecule has 3 nitrogen and oxygen atoms in total. The topological polar surface area (TPSA) is 44.5 Å². The van der Waals surface area contributed by atoms with Crippen molar-refractivity contribution in [3.8, 4) is 0 Å². The van der Waals surface area contributed by atoms with Crippen LogP contribution in [-0.4, -0.2) is 32.5 Å². The van der Waals surface area contributed by atoms with E-state index in [1.807, 2.05) is 0 Å². The second-order valence-corrected chi connectivity index (χ2v) is 12.9. The van der Waals surface area contributed by atoms with Gasteiger partial charge in [0.05, 0.1) is 25.9 Å². The zero-order valence-corrected chi connectivity index (χ0v) is 22.2. The van der Waals surface area contributed by atoms with Gasteiger partial charge < -0.3 is 15.2 Å². The van der Waals surface area contributed by atoms with Crippen LogP contribution in [0.25, 0.3) is 0 Å². The van der Waals surface area contributed by atoms with Gasteiger partial charge in [0.15, 0.2) is 0 Å². The van der Waals surface area contributed by atoms with Crippen molar-refractivity contribution in [2.45, 2.75) is 111 Å². The normalized spacial score (nSPS) is 40.3. The molecule has 4 rings (SSSR count). The molecule has 0 saturated heterocycles. The molecule has 0 heterocycles. The highest BCUT2D eigenvalue weighted by atomic mass is 16.5. The molecule has 0 aromatic carbocycles. The third-order valence-electron chi connectivity index (χ3n) is 10.7. The number of hydrogen-bond donors (Lipinski definition) is 1. The molecule has 0 spiro atoms. The van der Waals surface area contributed by atoms with Gasteiger partial charge in [-0.1, -0.05) is 58.6 Å². The third kappa shape index (κ3) is 5.41. The van der Waals surface area contributed by atoms with Crippen LogP contribution in [0.2, 0.25) is 0 Å². The fourth-order valence-corrected chi connectivity index (χ4v) is 8.76. The van der Waals surface area contributed by atoms with Crippen LogP contribution in [0, 0.1) is 40.4 Å². The first-order chi connectivity index (χ1) is 15.9. The summed E-state index contributed by atoms with van der Waals surface area (Å²) < 4.78 is 11.7. The maximum absolute atomic E-state index is 6.21. The summed E-state index contributed by atoms with van der Waals surface area (Å²) >= 11 is 0. The van der Waals surface area contributed by atoms with E-state index in [9.17, 15) is 0 Å². The fraction of sp³-hybridized carbons (Fsp3) is 0.933. The van der Waals surface area contributed by atoms with E-state index < -0.39 is 0 Å². The Morgan fingerprint density at radius 3 is 2.64 bits per heavy atom. The Balaban J connectivity index is 1.34. The number of fused-ring (bicyclic) bond motifs is 5. The van der Waals surface area contributed by atoms with E-state index in [1.54, 1.807) is 5.57 Å². The third-order valence-corrected chi connectivity index (χ3v) is 10.7. The molecule has 6 unspecified atom stereocenters. The molecule has 33 heavy (non-hydrogen) atoms. The van der Waals surface area contributed by atoms with Crippen LogP contribution in [0.1, 0.15) is 105 Å². The summed E-state index contributed by atoms with van der Waals surface area (Å²) in [6.45, 7) is 12.7. The van der Waals surface area contributed by atoms with Crippen molar-refractivity contribution in [3.05, 3.63) is 11.6 Å². The number of allylic oxidation sites excluding steroid dienone is 1. The quantitative estimate of drug-likeness (QED) is 0.264. The molecule has 0 bridgehead atoms. The van der Waals surface area contributed by atoms with Crippen LogP contribution in [0.5, 0.6) is 0 Å². The fourth-order valence-electron chi connectivity index (χ4n) is 8.76. The van der Waals surface area contributed by atoms with Crippen molar-refractivity contribution >= 4 is 0 Å². The van der Waals surface area contributed by atoms with Gasteiger partial charge in [-0.05, 0) is 98.2 Å². The van der Waals surface area contributed by atoms with Gasteiger partial charge in [-0.2, -0.15) is 0 Å². The van der Waals surface area contributed by atoms with Crippen molar-refractivity contribution in [1.29, 1.82) is 0 Å². The minimum Gasteiger partial charge on any atom is -0.378 e. The zero-order valence-electron chi connectivity index (χ0n) is 22.2. The Morgan fingerprint density at radius 2 is 1.85 bits per heavy atom. The summed E-state index contributed by atoms with van der Waals surface area (Å²) in [7, 11) is 0. The second-order valence-electron chi connectivity index (χ2n) is 12.9. The largest absolute Gasteiger partial charge is 0.378 e. The summed E-state index contributed by atoms with van der Waals surface area (Å²) in [6, 6.07) is 0. The number of ether oxygens (including phenoxy) is 2. The van der Waals surface area contributed by atoms with Crippen LogP contribution in [0.4, 0.5) is 0 Å². The Labute approximate surface area is 204 Å². The van der Waals surface area contributed by atoms with Gasteiger partial charge in [0.2, 0.25) is 0 Å². The van der Waals surface area contributed by atoms with Gasteiger partial charge in [0.1, 0.15) is 0 Å². The molecular weight excluding hydrogens is 406 g/mol. The van der Waals surface area contributed by atoms with Crippen molar-refractivity contribution < 1.29 is 9.47 Å². The van der Waals surface area contributed by atoms with Crippen molar-refractivity contribution in [1.82, 2.24) is 0 Å². The zero-order chi connectivity index (χ0) is 23.5. The summed E-state index contributed by atoms with van der Waals surface area (Å²) in [6.07, 6.45) is 19.8. The maximum atomic E-state index is 6.21. The Hall–Kier alpha value is -0.380. The number of rotatable bonds is 11. The van der Waals surface area contributed by atoms with Gasteiger partial charge in [-0.3, -0.25) is 0 Å². The maximum Gasteiger partial charge on any atom is 0.0704 e. The van der Waals surface area contributed by atoms with Crippen LogP contribution in [0.3, 0.4) is 0 Å². The number of nitrogens with two attached hydrogens (primary N) is 1. The molecule has 7 atom stereocenters. The van der Waals surface area contributed by atoms with E-state index in [0.29, 0.717) is 43.3 Å². The average Bonchev–Trinajstić information content (AvgIpc) is 3.13. The average molecular weight is 460 g/mol. The summed E-state index contributed by atoms with van der Waals surface area (Å²) in [5, 5.41) is 0. The SMILES string of the molecule is CC(C)CCCC[C@H]1CCC2C3CC=C4CC(OCCOCCN)CCC4(C)C3CCC21C. The molecule has 0 aromatic rings. The smallest absolute Gasteiger partial charge is 0.0704 e. The standard InChI is InChI=1S/C30H53NO2/c1-22(2)7-5-6-8-23-10-12-27-26-11-9-24-21-25(33-20-19-32-18-17-31)13-15-30(24,4)28(26)14-16-29(23,27)3/h9,22-23,25-28H,5-8,10-21,31H2,1-4H3/t23-,25?,26?,27?,28?,29?,30?/m0/s1. The predicted molar refractivity (Wildman–Crippen MR) is 138 cm³/mol. The van der Waals surface area contributed by atoms with Crippen LogP contribution in [-0.2, 0) is 9.47 Å². The molecule has 0 radical (unpaired) electrons. The van der Waals surface area contributed by atoms with E-state index in [1.165, 1.54) is 70.6 Å². The van der Waals surface area contributed by atoms with Crippen molar-refractivity contribution in [3.63, 3.8) is 0 Å². The molecule has 4 aliphatic carbocycles. The number of hydrogen-bond acceptors (Lipinski definition) is 3. The Morgan fingerprint density at radius 1 is 1.00 bits per heavy atom. The van der Waals surface area contributed by atoms with E-state index in [-0.39, 0.29) is 0 Å². The van der Waals surface area contributed by atoms with Gasteiger partial charge in [0, 0.05) is 6.54 Å². The molecule has 3 heteroatoms. The summed E-state index contributed by atoms with van der Waals surface area (Å²) in [4.78, 5) is 0. The van der Waals surface area contributed by atoms with E-state index in [2.05, 4.69) is 33.8 Å². The second kappa shape index (κ2) is 11.1. The molecule has 0 amide bonds. The lowest BCUT2D eigenvalue weighted by Crippen LogP contribution is -2.50. The van der Waals surface area contributed by atoms with Crippen LogP contribution >= 0.6 is 0 Å². The first kappa shape index (κ1) is 25.7. The molecule has 0 aliphatic heterocycles. The highest BCUT2D eigenvalue weighted by Gasteiger charge is 2.58. The molecule has 4 aliphatic rings. The Kier molecular flexibility index (Phi) is 8.67. The Bertz CT molecular complexity index is 660. The highest BCUT2D eigenvalue weighted by molar-refractivity contribution is 5.25. The lowest BCUT2D eigenvalue weighted by atomic mass is 9.47. The van der Waals surface area contributed by atoms with Gasteiger partial charge in [-0.15, -0.1) is 0 Å². The first-order valence-corrected chi connectivity index (χ1v) is 14.5. The first-order valence-electron chi connectivity index (χ1n) is 14.5. The summed E-state index contributed by atoms with van der Waals surface area (Å²) in [5.74, 6) is 4.65. The highest BCUT2D eigenvalue weighted by Crippen LogP contribution is 2.66. The van der Waals surface area contributed by atoms with Gasteiger partial charge in [-0.25, -0.2) is 0 Å². The molecule has 3 saturated carbocycles. The molecule has 2 N–H and O–H groups in total.